The Labute approximate surface area is 118 Å². The molecule has 0 heterocycles. The minimum absolute atomic E-state index is 0.0581. The number of anilines is 1. The molecule has 6 heteroatoms. The zero-order valence-corrected chi connectivity index (χ0v) is 12.0. The number of carbonyl (C=O) groups excluding carboxylic acids is 1. The molecule has 0 saturated heterocycles. The zero-order chi connectivity index (χ0) is 15.1. The van der Waals surface area contributed by atoms with Crippen LogP contribution >= 0.6 is 0 Å². The van der Waals surface area contributed by atoms with Gasteiger partial charge in [0.05, 0.1) is 13.0 Å². The number of methoxy groups -OCH3 is 1. The molecule has 20 heavy (non-hydrogen) atoms. The monoisotopic (exact) mass is 279 g/mol. The van der Waals surface area contributed by atoms with Crippen LogP contribution in [0.4, 0.5) is 5.69 Å². The Bertz CT molecular complexity index is 471. The van der Waals surface area contributed by atoms with Gasteiger partial charge >= 0.3 is 0 Å². The predicted octanol–water partition coefficient (Wildman–Crippen LogP) is 1.82. The third-order valence-electron chi connectivity index (χ3n) is 3.14. The lowest BCUT2D eigenvalue weighted by Gasteiger charge is -2.23. The molecule has 0 aliphatic heterocycles. The van der Waals surface area contributed by atoms with Crippen LogP contribution < -0.4 is 15.4 Å². The second-order valence-corrected chi connectivity index (χ2v) is 4.46. The molecule has 1 unspecified atom stereocenters. The number of hydrogen-bond donors (Lipinski definition) is 2. The molecule has 0 aliphatic carbocycles. The van der Waals surface area contributed by atoms with Crippen LogP contribution in [0, 0.1) is 5.92 Å². The van der Waals surface area contributed by atoms with Crippen molar-refractivity contribution in [1.82, 2.24) is 0 Å². The van der Waals surface area contributed by atoms with Crippen LogP contribution in [0.15, 0.2) is 29.4 Å². The Morgan fingerprint density at radius 1 is 1.45 bits per heavy atom. The van der Waals surface area contributed by atoms with Gasteiger partial charge < -0.3 is 20.6 Å². The van der Waals surface area contributed by atoms with Crippen molar-refractivity contribution in [1.29, 1.82) is 0 Å². The van der Waals surface area contributed by atoms with Gasteiger partial charge in [-0.3, -0.25) is 4.79 Å². The highest BCUT2D eigenvalue weighted by molar-refractivity contribution is 6.08. The molecule has 1 aromatic carbocycles. The zero-order valence-electron chi connectivity index (χ0n) is 12.0. The number of nitrogens with zero attached hydrogens (tertiary/aromatic N) is 2. The first kappa shape index (κ1) is 15.8. The van der Waals surface area contributed by atoms with E-state index in [2.05, 4.69) is 5.16 Å². The number of amidine groups is 1. The van der Waals surface area contributed by atoms with E-state index >= 15 is 0 Å². The number of nitrogens with two attached hydrogens (primary N) is 1. The van der Waals surface area contributed by atoms with Crippen LogP contribution in [-0.4, -0.2) is 31.1 Å². The van der Waals surface area contributed by atoms with Crippen molar-refractivity contribution < 1.29 is 14.7 Å². The first-order chi connectivity index (χ1) is 9.54. The molecule has 0 radical (unpaired) electrons. The molecule has 1 rings (SSSR count). The van der Waals surface area contributed by atoms with E-state index in [1.54, 1.807) is 38.4 Å². The molecule has 1 aromatic rings. The molecule has 0 bridgehead atoms. The van der Waals surface area contributed by atoms with Gasteiger partial charge in [0, 0.05) is 12.7 Å². The van der Waals surface area contributed by atoms with E-state index in [1.165, 1.54) is 4.90 Å². The molecular formula is C14H21N3O3. The lowest BCUT2D eigenvalue weighted by Crippen LogP contribution is -2.40. The summed E-state index contributed by atoms with van der Waals surface area (Å²) in [6.45, 7) is 1.94. The Morgan fingerprint density at radius 3 is 2.50 bits per heavy atom. The number of hydrogen-bond acceptors (Lipinski definition) is 4. The normalized spacial score (nSPS) is 12.8. The third kappa shape index (κ3) is 3.63. The standard InChI is InChI=1S/C14H21N3O3/c1-4-5-12(13(15)16-19)14(18)17(2)10-6-8-11(20-3)9-7-10/h6-9,12,19H,4-5H2,1-3H3,(H2,15,16). The van der Waals surface area contributed by atoms with Crippen molar-refractivity contribution in [3.63, 3.8) is 0 Å². The molecule has 110 valence electrons. The summed E-state index contributed by atoms with van der Waals surface area (Å²) in [7, 11) is 3.25. The van der Waals surface area contributed by atoms with Crippen molar-refractivity contribution in [2.45, 2.75) is 19.8 Å². The number of oxime groups is 1. The summed E-state index contributed by atoms with van der Waals surface area (Å²) < 4.78 is 5.08. The highest BCUT2D eigenvalue weighted by Gasteiger charge is 2.26. The summed E-state index contributed by atoms with van der Waals surface area (Å²) in [6.07, 6.45) is 1.30. The van der Waals surface area contributed by atoms with Gasteiger partial charge in [0.25, 0.3) is 0 Å². The molecule has 0 spiro atoms. The first-order valence-electron chi connectivity index (χ1n) is 6.44. The van der Waals surface area contributed by atoms with Crippen molar-refractivity contribution in [2.75, 3.05) is 19.1 Å². The van der Waals surface area contributed by atoms with Gasteiger partial charge in [-0.05, 0) is 30.7 Å². The van der Waals surface area contributed by atoms with E-state index in [0.717, 1.165) is 17.9 Å². The van der Waals surface area contributed by atoms with Crippen molar-refractivity contribution >= 4 is 17.4 Å². The Balaban J connectivity index is 2.92. The molecule has 0 saturated carbocycles. The van der Waals surface area contributed by atoms with Gasteiger partial charge in [-0.2, -0.15) is 0 Å². The molecule has 0 aliphatic rings. The van der Waals surface area contributed by atoms with Gasteiger partial charge in [-0.1, -0.05) is 18.5 Å². The summed E-state index contributed by atoms with van der Waals surface area (Å²) >= 11 is 0. The van der Waals surface area contributed by atoms with Gasteiger partial charge in [0.1, 0.15) is 5.75 Å². The topological polar surface area (TPSA) is 88.2 Å². The second-order valence-electron chi connectivity index (χ2n) is 4.46. The van der Waals surface area contributed by atoms with Crippen molar-refractivity contribution in [3.8, 4) is 5.75 Å². The van der Waals surface area contributed by atoms with Crippen LogP contribution in [0.25, 0.3) is 0 Å². The van der Waals surface area contributed by atoms with E-state index in [9.17, 15) is 4.79 Å². The fourth-order valence-electron chi connectivity index (χ4n) is 1.92. The first-order valence-corrected chi connectivity index (χ1v) is 6.44. The molecule has 3 N–H and O–H groups in total. The van der Waals surface area contributed by atoms with E-state index in [1.807, 2.05) is 6.92 Å². The summed E-state index contributed by atoms with van der Waals surface area (Å²) in [5, 5.41) is 11.7. The highest BCUT2D eigenvalue weighted by Crippen LogP contribution is 2.21. The van der Waals surface area contributed by atoms with E-state index in [-0.39, 0.29) is 11.7 Å². The molecule has 1 atom stereocenters. The Hall–Kier alpha value is -2.24. The molecule has 0 fully saturated rings. The van der Waals surface area contributed by atoms with Crippen LogP contribution in [0.1, 0.15) is 19.8 Å². The number of carbonyl (C=O) groups is 1. The van der Waals surface area contributed by atoms with Gasteiger partial charge in [-0.25, -0.2) is 0 Å². The maximum Gasteiger partial charge on any atom is 0.237 e. The van der Waals surface area contributed by atoms with E-state index in [4.69, 9.17) is 15.7 Å². The SMILES string of the molecule is CCCC(C(=O)N(C)c1ccc(OC)cc1)C(N)=NO. The third-order valence-corrected chi connectivity index (χ3v) is 3.14. The van der Waals surface area contributed by atoms with Crippen LogP contribution in [0.3, 0.4) is 0 Å². The predicted molar refractivity (Wildman–Crippen MR) is 78.2 cm³/mol. The van der Waals surface area contributed by atoms with Gasteiger partial charge in [0.15, 0.2) is 5.84 Å². The average molecular weight is 279 g/mol. The lowest BCUT2D eigenvalue weighted by atomic mass is 10.0. The van der Waals surface area contributed by atoms with Crippen molar-refractivity contribution in [3.05, 3.63) is 24.3 Å². The second kappa shape index (κ2) is 7.37. The fourth-order valence-corrected chi connectivity index (χ4v) is 1.92. The summed E-state index contributed by atoms with van der Waals surface area (Å²) in [5.74, 6) is -0.155. The molecular weight excluding hydrogens is 258 g/mol. The van der Waals surface area contributed by atoms with Crippen LogP contribution in [0.2, 0.25) is 0 Å². The van der Waals surface area contributed by atoms with Crippen molar-refractivity contribution in [2.24, 2.45) is 16.8 Å². The van der Waals surface area contributed by atoms with Crippen LogP contribution in [0.5, 0.6) is 5.75 Å². The maximum absolute atomic E-state index is 12.4. The molecule has 0 aromatic heterocycles. The summed E-state index contributed by atoms with van der Waals surface area (Å²) in [6, 6.07) is 7.12. The Morgan fingerprint density at radius 2 is 2.05 bits per heavy atom. The summed E-state index contributed by atoms with van der Waals surface area (Å²) in [5.41, 5.74) is 6.32. The highest BCUT2D eigenvalue weighted by atomic mass is 16.5. The lowest BCUT2D eigenvalue weighted by molar-refractivity contribution is -0.120. The van der Waals surface area contributed by atoms with E-state index < -0.39 is 5.92 Å². The number of benzene rings is 1. The minimum atomic E-state index is -0.614. The Kier molecular flexibility index (Phi) is 5.83. The largest absolute Gasteiger partial charge is 0.497 e. The smallest absolute Gasteiger partial charge is 0.237 e. The quantitative estimate of drug-likeness (QED) is 0.360. The average Bonchev–Trinajstić information content (AvgIpc) is 2.50. The van der Waals surface area contributed by atoms with Crippen LogP contribution in [-0.2, 0) is 4.79 Å². The maximum atomic E-state index is 12.4. The fraction of sp³-hybridized carbons (Fsp3) is 0.429. The minimum Gasteiger partial charge on any atom is -0.497 e. The van der Waals surface area contributed by atoms with Gasteiger partial charge in [0.2, 0.25) is 5.91 Å². The number of rotatable bonds is 6. The molecule has 1 amide bonds. The number of ether oxygens (including phenoxy) is 1. The van der Waals surface area contributed by atoms with Gasteiger partial charge in [-0.15, -0.1) is 0 Å². The molecule has 6 nitrogen and oxygen atoms in total. The summed E-state index contributed by atoms with van der Waals surface area (Å²) in [4.78, 5) is 13.9. The number of amides is 1. The van der Waals surface area contributed by atoms with E-state index in [0.29, 0.717) is 6.42 Å².